The highest BCUT2D eigenvalue weighted by Crippen LogP contribution is 2.21. The van der Waals surface area contributed by atoms with Gasteiger partial charge in [-0.3, -0.25) is 14.3 Å². The molecule has 1 aromatic carbocycles. The van der Waals surface area contributed by atoms with Gasteiger partial charge in [-0.1, -0.05) is 16.8 Å². The van der Waals surface area contributed by atoms with E-state index < -0.39 is 0 Å². The Hall–Kier alpha value is -2.65. The van der Waals surface area contributed by atoms with Gasteiger partial charge >= 0.3 is 0 Å². The summed E-state index contributed by atoms with van der Waals surface area (Å²) in [6.07, 6.45) is 2.33. The van der Waals surface area contributed by atoms with Crippen molar-refractivity contribution in [3.05, 3.63) is 40.7 Å². The summed E-state index contributed by atoms with van der Waals surface area (Å²) >= 11 is 5.91. The third kappa shape index (κ3) is 6.17. The lowest BCUT2D eigenvalue weighted by atomic mass is 10.2. The molecule has 0 spiro atoms. The van der Waals surface area contributed by atoms with Crippen LogP contribution in [0.25, 0.3) is 0 Å². The quantitative estimate of drug-likeness (QED) is 0.628. The molecule has 0 radical (unpaired) electrons. The fraction of sp³-hybridized carbons (Fsp3) is 0.500. The third-order valence-corrected chi connectivity index (χ3v) is 5.17. The number of nitrogens with zero attached hydrogens (tertiary/aromatic N) is 5. The van der Waals surface area contributed by atoms with Crippen molar-refractivity contribution in [2.24, 2.45) is 0 Å². The van der Waals surface area contributed by atoms with Crippen molar-refractivity contribution in [2.75, 3.05) is 46.4 Å². The number of piperazine rings is 1. The van der Waals surface area contributed by atoms with E-state index in [-0.39, 0.29) is 18.4 Å². The molecule has 1 saturated heterocycles. The molecule has 2 amide bonds. The first kappa shape index (κ1) is 22.0. The standard InChI is InChI=1S/C20H27ClN6O3/c1-15-12-16(21)4-5-18(15)30-14-19(28)22-6-3-7-27-13-17(23-24-27)20(29)26-10-8-25(2)9-11-26/h4-5,12-13H,3,6-11,14H2,1-2H3,(H,22,28). The van der Waals surface area contributed by atoms with Crippen LogP contribution >= 0.6 is 11.6 Å². The van der Waals surface area contributed by atoms with E-state index in [2.05, 4.69) is 20.5 Å². The van der Waals surface area contributed by atoms with E-state index in [0.717, 1.165) is 18.7 Å². The van der Waals surface area contributed by atoms with Crippen LogP contribution < -0.4 is 10.1 Å². The van der Waals surface area contributed by atoms with Gasteiger partial charge in [0, 0.05) is 44.3 Å². The Balaban J connectivity index is 1.35. The summed E-state index contributed by atoms with van der Waals surface area (Å²) < 4.78 is 7.15. The maximum Gasteiger partial charge on any atom is 0.276 e. The van der Waals surface area contributed by atoms with Gasteiger partial charge in [0.1, 0.15) is 5.75 Å². The molecular weight excluding hydrogens is 408 g/mol. The number of carbonyl (C=O) groups excluding carboxylic acids is 2. The first-order valence-electron chi connectivity index (χ1n) is 9.96. The number of likely N-dealkylation sites (N-methyl/N-ethyl adjacent to an activating group) is 1. The van der Waals surface area contributed by atoms with Crippen LogP contribution in [0.2, 0.25) is 5.02 Å². The van der Waals surface area contributed by atoms with Crippen LogP contribution in [-0.2, 0) is 11.3 Å². The molecule has 2 aromatic rings. The number of aryl methyl sites for hydroxylation is 2. The number of rotatable bonds is 8. The molecule has 3 rings (SSSR count). The van der Waals surface area contributed by atoms with Gasteiger partial charge in [-0.05, 0) is 44.2 Å². The summed E-state index contributed by atoms with van der Waals surface area (Å²) in [5.74, 6) is 0.348. The first-order valence-corrected chi connectivity index (χ1v) is 10.3. The number of amides is 2. The number of halogens is 1. The van der Waals surface area contributed by atoms with Crippen molar-refractivity contribution in [2.45, 2.75) is 19.9 Å². The van der Waals surface area contributed by atoms with E-state index in [1.807, 2.05) is 14.0 Å². The van der Waals surface area contributed by atoms with E-state index in [4.69, 9.17) is 16.3 Å². The third-order valence-electron chi connectivity index (χ3n) is 4.93. The van der Waals surface area contributed by atoms with Crippen LogP contribution in [0.3, 0.4) is 0 Å². The smallest absolute Gasteiger partial charge is 0.276 e. The first-order chi connectivity index (χ1) is 14.4. The molecule has 1 aromatic heterocycles. The minimum absolute atomic E-state index is 0.0600. The van der Waals surface area contributed by atoms with Crippen LogP contribution in [0.5, 0.6) is 5.75 Å². The number of hydrogen-bond donors (Lipinski definition) is 1. The SMILES string of the molecule is Cc1cc(Cl)ccc1OCC(=O)NCCCn1cc(C(=O)N2CCN(C)CC2)nn1. The Bertz CT molecular complexity index is 879. The van der Waals surface area contributed by atoms with Gasteiger partial charge in [0.15, 0.2) is 12.3 Å². The summed E-state index contributed by atoms with van der Waals surface area (Å²) in [6.45, 7) is 5.97. The predicted octanol–water partition coefficient (Wildman–Crippen LogP) is 1.21. The Labute approximate surface area is 180 Å². The minimum Gasteiger partial charge on any atom is -0.484 e. The van der Waals surface area contributed by atoms with Crippen LogP contribution in [-0.4, -0.2) is 83.0 Å². The second kappa shape index (κ2) is 10.4. The van der Waals surface area contributed by atoms with Crippen LogP contribution in [0.1, 0.15) is 22.5 Å². The van der Waals surface area contributed by atoms with E-state index in [0.29, 0.717) is 49.1 Å². The highest BCUT2D eigenvalue weighted by molar-refractivity contribution is 6.30. The van der Waals surface area contributed by atoms with Crippen molar-refractivity contribution in [1.82, 2.24) is 30.1 Å². The zero-order valence-corrected chi connectivity index (χ0v) is 18.1. The topological polar surface area (TPSA) is 92.6 Å². The molecule has 2 heterocycles. The van der Waals surface area contributed by atoms with Gasteiger partial charge in [-0.2, -0.15) is 0 Å². The largest absolute Gasteiger partial charge is 0.484 e. The summed E-state index contributed by atoms with van der Waals surface area (Å²) in [5, 5.41) is 11.4. The van der Waals surface area contributed by atoms with Gasteiger partial charge in [-0.15, -0.1) is 5.10 Å². The predicted molar refractivity (Wildman–Crippen MR) is 113 cm³/mol. The van der Waals surface area contributed by atoms with E-state index in [9.17, 15) is 9.59 Å². The lowest BCUT2D eigenvalue weighted by Gasteiger charge is -2.31. The van der Waals surface area contributed by atoms with Crippen molar-refractivity contribution >= 4 is 23.4 Å². The average molecular weight is 435 g/mol. The fourth-order valence-electron chi connectivity index (χ4n) is 3.12. The highest BCUT2D eigenvalue weighted by atomic mass is 35.5. The zero-order valence-electron chi connectivity index (χ0n) is 17.3. The number of benzene rings is 1. The molecule has 10 heteroatoms. The summed E-state index contributed by atoms with van der Waals surface area (Å²) in [6, 6.07) is 5.26. The monoisotopic (exact) mass is 434 g/mol. The Kier molecular flexibility index (Phi) is 7.64. The molecule has 1 aliphatic heterocycles. The molecule has 1 fully saturated rings. The summed E-state index contributed by atoms with van der Waals surface area (Å²) in [5.41, 5.74) is 1.23. The zero-order chi connectivity index (χ0) is 21.5. The lowest BCUT2D eigenvalue weighted by molar-refractivity contribution is -0.123. The van der Waals surface area contributed by atoms with Crippen LogP contribution in [0.4, 0.5) is 0 Å². The lowest BCUT2D eigenvalue weighted by Crippen LogP contribution is -2.47. The highest BCUT2D eigenvalue weighted by Gasteiger charge is 2.22. The van der Waals surface area contributed by atoms with Crippen molar-refractivity contribution in [1.29, 1.82) is 0 Å². The number of ether oxygens (including phenoxy) is 1. The molecule has 1 N–H and O–H groups in total. The number of carbonyl (C=O) groups is 2. The number of aromatic nitrogens is 3. The van der Waals surface area contributed by atoms with E-state index in [1.54, 1.807) is 34.0 Å². The maximum atomic E-state index is 12.5. The van der Waals surface area contributed by atoms with Gasteiger partial charge in [-0.25, -0.2) is 0 Å². The molecule has 0 unspecified atom stereocenters. The molecule has 0 saturated carbocycles. The van der Waals surface area contributed by atoms with Crippen molar-refractivity contribution < 1.29 is 14.3 Å². The van der Waals surface area contributed by atoms with Crippen molar-refractivity contribution in [3.8, 4) is 5.75 Å². The Morgan fingerprint density at radius 1 is 1.23 bits per heavy atom. The molecule has 30 heavy (non-hydrogen) atoms. The molecule has 0 atom stereocenters. The normalized spacial score (nSPS) is 14.6. The van der Waals surface area contributed by atoms with Gasteiger partial charge in [0.2, 0.25) is 0 Å². The second-order valence-corrected chi connectivity index (χ2v) is 7.80. The number of nitrogens with one attached hydrogen (secondary N) is 1. The van der Waals surface area contributed by atoms with E-state index >= 15 is 0 Å². The molecule has 0 aliphatic carbocycles. The molecular formula is C20H27ClN6O3. The molecule has 1 aliphatic rings. The van der Waals surface area contributed by atoms with Gasteiger partial charge in [0.05, 0.1) is 6.20 Å². The van der Waals surface area contributed by atoms with Gasteiger partial charge in [0.25, 0.3) is 11.8 Å². The average Bonchev–Trinajstić information content (AvgIpc) is 3.19. The summed E-state index contributed by atoms with van der Waals surface area (Å²) in [4.78, 5) is 28.4. The number of hydrogen-bond acceptors (Lipinski definition) is 6. The molecule has 0 bridgehead atoms. The fourth-order valence-corrected chi connectivity index (χ4v) is 3.34. The molecule has 9 nitrogen and oxygen atoms in total. The maximum absolute atomic E-state index is 12.5. The van der Waals surface area contributed by atoms with Crippen LogP contribution in [0, 0.1) is 6.92 Å². The van der Waals surface area contributed by atoms with Crippen molar-refractivity contribution in [3.63, 3.8) is 0 Å². The van der Waals surface area contributed by atoms with Crippen LogP contribution in [0.15, 0.2) is 24.4 Å². The molecule has 162 valence electrons. The second-order valence-electron chi connectivity index (χ2n) is 7.36. The minimum atomic E-state index is -0.200. The van der Waals surface area contributed by atoms with E-state index in [1.165, 1.54) is 0 Å². The van der Waals surface area contributed by atoms with Gasteiger partial charge < -0.3 is 19.9 Å². The summed E-state index contributed by atoms with van der Waals surface area (Å²) in [7, 11) is 2.04. The Morgan fingerprint density at radius 3 is 2.73 bits per heavy atom. The Morgan fingerprint density at radius 2 is 2.00 bits per heavy atom.